The minimum Gasteiger partial charge on any atom is -0.313 e. The molecule has 1 fully saturated rings. The maximum atomic E-state index is 8.93. The lowest BCUT2D eigenvalue weighted by molar-refractivity contribution is 0.496. The molecule has 1 aromatic carbocycles. The molecule has 0 heterocycles. The van der Waals surface area contributed by atoms with Crippen LogP contribution in [-0.4, -0.2) is 5.54 Å². The Hall–Kier alpha value is -1.33. The Labute approximate surface area is 106 Å². The molecule has 0 amide bonds. The molecule has 2 atom stereocenters. The summed E-state index contributed by atoms with van der Waals surface area (Å²) in [4.78, 5) is 0. The van der Waals surface area contributed by atoms with E-state index in [0.717, 1.165) is 25.7 Å². The predicted octanol–water partition coefficient (Wildman–Crippen LogP) is 3.52. The van der Waals surface area contributed by atoms with Crippen molar-refractivity contribution in [3.05, 3.63) is 35.9 Å². The smallest absolute Gasteiger partial charge is 0.104 e. The van der Waals surface area contributed by atoms with Crippen molar-refractivity contribution in [3.63, 3.8) is 0 Å². The molecule has 2 unspecified atom stereocenters. The zero-order valence-electron chi connectivity index (χ0n) is 10.8. The van der Waals surface area contributed by atoms with E-state index in [4.69, 9.17) is 11.0 Å². The summed E-state index contributed by atoms with van der Waals surface area (Å²) in [6.45, 7) is 4.00. The van der Waals surface area contributed by atoms with E-state index in [1.807, 2.05) is 19.9 Å². The largest absolute Gasteiger partial charge is 0.313 e. The van der Waals surface area contributed by atoms with Crippen LogP contribution in [0.2, 0.25) is 0 Å². The highest BCUT2D eigenvalue weighted by atomic mass is 14.8. The lowest BCUT2D eigenvalue weighted by Crippen LogP contribution is -2.34. The zero-order chi connectivity index (χ0) is 12.7. The van der Waals surface area contributed by atoms with Gasteiger partial charge in [-0.2, -0.15) is 5.26 Å². The van der Waals surface area contributed by atoms with Crippen molar-refractivity contribution in [2.75, 3.05) is 0 Å². The fourth-order valence-electron chi connectivity index (χ4n) is 2.40. The molecule has 94 valence electrons. The third kappa shape index (κ3) is 3.87. The van der Waals surface area contributed by atoms with Crippen molar-refractivity contribution < 1.29 is 1.43 Å². The lowest BCUT2D eigenvalue weighted by Gasteiger charge is -2.14. The van der Waals surface area contributed by atoms with Crippen molar-refractivity contribution in [2.45, 2.75) is 45.1 Å². The van der Waals surface area contributed by atoms with Gasteiger partial charge in [-0.05, 0) is 37.2 Å². The van der Waals surface area contributed by atoms with Gasteiger partial charge in [0.05, 0.1) is 6.07 Å². The molecule has 0 aromatic heterocycles. The first-order valence-corrected chi connectivity index (χ1v) is 6.46. The van der Waals surface area contributed by atoms with E-state index in [2.05, 4.69) is 30.3 Å². The van der Waals surface area contributed by atoms with Gasteiger partial charge in [0.1, 0.15) is 5.54 Å². The normalized spacial score (nSPS) is 26.8. The molecule has 2 rings (SSSR count). The van der Waals surface area contributed by atoms with Crippen molar-refractivity contribution in [1.82, 2.24) is 0 Å². The number of nitrogens with zero attached hydrogens (tertiary/aromatic N) is 1. The monoisotopic (exact) mass is 232 g/mol. The average Bonchev–Trinajstić information content (AvgIpc) is 2.76. The van der Waals surface area contributed by atoms with Gasteiger partial charge in [-0.15, -0.1) is 0 Å². The van der Waals surface area contributed by atoms with Crippen LogP contribution < -0.4 is 5.73 Å². The van der Waals surface area contributed by atoms with Crippen LogP contribution in [0, 0.1) is 17.2 Å². The fourth-order valence-corrected chi connectivity index (χ4v) is 2.40. The van der Waals surface area contributed by atoms with E-state index < -0.39 is 5.54 Å². The van der Waals surface area contributed by atoms with Gasteiger partial charge in [-0.3, -0.25) is 0 Å². The molecule has 1 saturated carbocycles. The molecule has 17 heavy (non-hydrogen) atoms. The highest BCUT2D eigenvalue weighted by Gasteiger charge is 2.35. The average molecular weight is 232 g/mol. The predicted molar refractivity (Wildman–Crippen MR) is 73.5 cm³/mol. The Morgan fingerprint density at radius 1 is 1.41 bits per heavy atom. The first-order valence-electron chi connectivity index (χ1n) is 6.46. The van der Waals surface area contributed by atoms with Gasteiger partial charge >= 0.3 is 0 Å². The number of nitriles is 1. The second-order valence-electron chi connectivity index (χ2n) is 4.57. The lowest BCUT2D eigenvalue weighted by atomic mass is 9.94. The molecule has 1 aliphatic rings. The van der Waals surface area contributed by atoms with Crippen LogP contribution in [0.25, 0.3) is 0 Å². The molecule has 0 saturated heterocycles. The number of nitrogens with two attached hydrogens (primary N) is 1. The molecule has 1 aromatic rings. The van der Waals surface area contributed by atoms with Crippen LogP contribution in [0.5, 0.6) is 0 Å². The molecule has 0 radical (unpaired) electrons. The third-order valence-corrected chi connectivity index (χ3v) is 3.24. The van der Waals surface area contributed by atoms with Crippen molar-refractivity contribution in [2.24, 2.45) is 11.7 Å². The second-order valence-corrected chi connectivity index (χ2v) is 4.57. The molecule has 2 N–H and O–H groups in total. The Balaban J connectivity index is 0.000000917. The number of hydrogen-bond donors (Lipinski definition) is 1. The van der Waals surface area contributed by atoms with Crippen molar-refractivity contribution in [1.29, 1.82) is 5.26 Å². The van der Waals surface area contributed by atoms with E-state index in [1.54, 1.807) is 0 Å². The molecule has 2 heteroatoms. The summed E-state index contributed by atoms with van der Waals surface area (Å²) in [7, 11) is 0. The van der Waals surface area contributed by atoms with E-state index in [1.165, 1.54) is 5.56 Å². The topological polar surface area (TPSA) is 49.8 Å². The minimum atomic E-state index is -0.556. The third-order valence-electron chi connectivity index (χ3n) is 3.24. The van der Waals surface area contributed by atoms with Crippen molar-refractivity contribution in [3.8, 4) is 6.07 Å². The van der Waals surface area contributed by atoms with Gasteiger partial charge in [0, 0.05) is 1.43 Å². The van der Waals surface area contributed by atoms with Crippen LogP contribution in [-0.2, 0) is 6.42 Å². The fraction of sp³-hybridized carbons (Fsp3) is 0.533. The summed E-state index contributed by atoms with van der Waals surface area (Å²) in [5.41, 5.74) is 6.74. The van der Waals surface area contributed by atoms with E-state index >= 15 is 0 Å². The van der Waals surface area contributed by atoms with Crippen LogP contribution in [0.15, 0.2) is 30.3 Å². The quantitative estimate of drug-likeness (QED) is 0.848. The highest BCUT2D eigenvalue weighted by molar-refractivity contribution is 5.17. The standard InChI is InChI=1S/C13H16N2.C2H6.H2/c14-10-13(15)7-6-12(9-13)8-11-4-2-1-3-5-11;1-2;/h1-5,12H,6-9,15H2;1-2H3;1H. The maximum absolute atomic E-state index is 8.93. The highest BCUT2D eigenvalue weighted by Crippen LogP contribution is 2.34. The van der Waals surface area contributed by atoms with Crippen molar-refractivity contribution >= 4 is 0 Å². The first-order chi connectivity index (χ1) is 8.22. The van der Waals surface area contributed by atoms with Crippen LogP contribution in [0.3, 0.4) is 0 Å². The molecule has 0 bridgehead atoms. The molecule has 0 spiro atoms. The van der Waals surface area contributed by atoms with E-state index in [-0.39, 0.29) is 1.43 Å². The maximum Gasteiger partial charge on any atom is 0.104 e. The molecular formula is C15H24N2. The summed E-state index contributed by atoms with van der Waals surface area (Å²) >= 11 is 0. The Bertz CT molecular complexity index is 372. The summed E-state index contributed by atoms with van der Waals surface area (Å²) < 4.78 is 0. The Morgan fingerprint density at radius 3 is 2.59 bits per heavy atom. The van der Waals surface area contributed by atoms with Gasteiger partial charge in [0.2, 0.25) is 0 Å². The summed E-state index contributed by atoms with van der Waals surface area (Å²) in [6.07, 6.45) is 3.83. The summed E-state index contributed by atoms with van der Waals surface area (Å²) in [5.74, 6) is 0.581. The Kier molecular flexibility index (Phi) is 5.18. The van der Waals surface area contributed by atoms with Gasteiger partial charge < -0.3 is 5.73 Å². The van der Waals surface area contributed by atoms with Gasteiger partial charge in [-0.1, -0.05) is 44.2 Å². The molecular weight excluding hydrogens is 208 g/mol. The van der Waals surface area contributed by atoms with Gasteiger partial charge in [-0.25, -0.2) is 0 Å². The van der Waals surface area contributed by atoms with Gasteiger partial charge in [0.25, 0.3) is 0 Å². The van der Waals surface area contributed by atoms with E-state index in [0.29, 0.717) is 5.92 Å². The molecule has 0 aliphatic heterocycles. The first kappa shape index (κ1) is 13.7. The van der Waals surface area contributed by atoms with Crippen LogP contribution in [0.4, 0.5) is 0 Å². The van der Waals surface area contributed by atoms with E-state index in [9.17, 15) is 0 Å². The Morgan fingerprint density at radius 2 is 2.06 bits per heavy atom. The molecule has 2 nitrogen and oxygen atoms in total. The van der Waals surface area contributed by atoms with Gasteiger partial charge in [0.15, 0.2) is 0 Å². The zero-order valence-corrected chi connectivity index (χ0v) is 10.8. The second kappa shape index (κ2) is 6.42. The molecule has 1 aliphatic carbocycles. The van der Waals surface area contributed by atoms with Crippen LogP contribution in [0.1, 0.15) is 40.1 Å². The number of rotatable bonds is 2. The van der Waals surface area contributed by atoms with Crippen LogP contribution >= 0.6 is 0 Å². The summed E-state index contributed by atoms with van der Waals surface area (Å²) in [5, 5.41) is 8.93. The SMILES string of the molecule is CC.N#CC1(N)CCC(Cc2ccccc2)C1.[HH]. The minimum absolute atomic E-state index is 0. The number of benzene rings is 1. The number of hydrogen-bond acceptors (Lipinski definition) is 2. The summed E-state index contributed by atoms with van der Waals surface area (Å²) in [6, 6.07) is 12.7.